The Bertz CT molecular complexity index is 6470. The number of hydrogen-bond acceptors (Lipinski definition) is 0. The minimum Gasteiger partial charge on any atom is -0.309 e. The van der Waals surface area contributed by atoms with E-state index in [1.807, 2.05) is 0 Å². The van der Waals surface area contributed by atoms with Crippen LogP contribution in [0.15, 0.2) is 388 Å². The Morgan fingerprint density at radius 1 is 0.110 bits per heavy atom. The van der Waals surface area contributed by atoms with Crippen LogP contribution in [0.3, 0.4) is 0 Å². The Balaban J connectivity index is 0.000000139. The van der Waals surface area contributed by atoms with Gasteiger partial charge in [-0.2, -0.15) is 0 Å². The summed E-state index contributed by atoms with van der Waals surface area (Å²) in [5, 5.41) is 10.0. The van der Waals surface area contributed by atoms with Crippen LogP contribution in [0.2, 0.25) is 0 Å². The van der Waals surface area contributed by atoms with Gasteiger partial charge < -0.3 is 18.3 Å². The van der Waals surface area contributed by atoms with Gasteiger partial charge in [0.15, 0.2) is 0 Å². The van der Waals surface area contributed by atoms with Gasteiger partial charge in [-0.25, -0.2) is 0 Å². The van der Waals surface area contributed by atoms with Crippen LogP contribution in [0.5, 0.6) is 0 Å². The zero-order valence-electron chi connectivity index (χ0n) is 54.7. The molecule has 4 heteroatoms. The van der Waals surface area contributed by atoms with Crippen molar-refractivity contribution in [2.24, 2.45) is 0 Å². The molecule has 4 nitrogen and oxygen atoms in total. The Hall–Kier alpha value is -13.3. The van der Waals surface area contributed by atoms with Gasteiger partial charge in [-0.15, -0.1) is 0 Å². The first-order chi connectivity index (χ1) is 49.6. The smallest absolute Gasteiger partial charge is 0.0547 e. The van der Waals surface area contributed by atoms with Crippen molar-refractivity contribution in [2.75, 3.05) is 0 Å². The van der Waals surface area contributed by atoms with E-state index in [9.17, 15) is 0 Å². The van der Waals surface area contributed by atoms with Gasteiger partial charge in [0.05, 0.1) is 44.1 Å². The largest absolute Gasteiger partial charge is 0.309 e. The number of fused-ring (bicyclic) bond motifs is 12. The second-order valence-electron chi connectivity index (χ2n) is 26.0. The lowest BCUT2D eigenvalue weighted by molar-refractivity contribution is 1.18. The fraction of sp³-hybridized carbons (Fsp3) is 0. The lowest BCUT2D eigenvalue weighted by atomic mass is 10.0. The van der Waals surface area contributed by atoms with Crippen molar-refractivity contribution >= 4 is 87.2 Å². The highest BCUT2D eigenvalue weighted by Crippen LogP contribution is 2.42. The summed E-state index contributed by atoms with van der Waals surface area (Å²) >= 11 is 0. The average Bonchev–Trinajstić information content (AvgIpc) is 1.62. The van der Waals surface area contributed by atoms with E-state index in [0.717, 1.165) is 22.7 Å². The summed E-state index contributed by atoms with van der Waals surface area (Å²) in [6, 6.07) is 141. The van der Waals surface area contributed by atoms with Crippen LogP contribution in [0, 0.1) is 0 Å². The molecule has 0 radical (unpaired) electrons. The normalized spacial score (nSPS) is 11.6. The van der Waals surface area contributed by atoms with Crippen LogP contribution in [-0.2, 0) is 0 Å². The van der Waals surface area contributed by atoms with Crippen LogP contribution in [0.25, 0.3) is 177 Å². The van der Waals surface area contributed by atoms with Crippen LogP contribution in [-0.4, -0.2) is 18.3 Å². The standard InChI is InChI=1S/2C48H32N2/c1-3-12-33(13-4-1)35-22-26-39(27-23-35)49-46-21-10-8-19-42(46)44-31-37(25-29-47(44)49)38-24-28-43-41-18-7-9-20-45(41)50(48(43)32-38)40-17-11-16-36(30-40)34-14-5-2-6-15-34;1-3-12-33(13-4-1)35-22-26-39(27-23-35)49-45-20-9-7-18-41(45)43-31-37(24-28-47(43)49)38-25-29-48-44(32-38)42-19-8-10-21-46(42)50(48)40-17-11-16-36(30-40)34-14-5-2-6-15-34/h2*1-32H. The first-order valence-electron chi connectivity index (χ1n) is 34.4. The Kier molecular flexibility index (Phi) is 14.2. The summed E-state index contributed by atoms with van der Waals surface area (Å²) in [7, 11) is 0. The zero-order chi connectivity index (χ0) is 66.0. The maximum atomic E-state index is 2.42. The van der Waals surface area contributed by atoms with Gasteiger partial charge in [0, 0.05) is 65.8 Å². The quantitative estimate of drug-likeness (QED) is 0.130. The zero-order valence-corrected chi connectivity index (χ0v) is 54.7. The van der Waals surface area contributed by atoms with Gasteiger partial charge in [0.25, 0.3) is 0 Å². The van der Waals surface area contributed by atoms with Gasteiger partial charge in [-0.1, -0.05) is 273 Å². The monoisotopic (exact) mass is 1270 g/mol. The third-order valence-corrected chi connectivity index (χ3v) is 20.2. The predicted octanol–water partition coefficient (Wildman–Crippen LogP) is 25.8. The van der Waals surface area contributed by atoms with Crippen molar-refractivity contribution in [3.63, 3.8) is 0 Å². The molecule has 4 heterocycles. The number of benzene rings is 16. The maximum absolute atomic E-state index is 2.42. The van der Waals surface area contributed by atoms with E-state index < -0.39 is 0 Å². The fourth-order valence-corrected chi connectivity index (χ4v) is 15.5. The van der Waals surface area contributed by atoms with Crippen LogP contribution in [0.4, 0.5) is 0 Å². The Morgan fingerprint density at radius 3 is 0.710 bits per heavy atom. The minimum atomic E-state index is 1.16. The van der Waals surface area contributed by atoms with E-state index in [0.29, 0.717) is 0 Å². The molecule has 0 spiro atoms. The van der Waals surface area contributed by atoms with Crippen molar-refractivity contribution in [1.29, 1.82) is 0 Å². The molecular weight excluding hydrogens is 1210 g/mol. The first-order valence-corrected chi connectivity index (χ1v) is 34.4. The third kappa shape index (κ3) is 10.1. The lowest BCUT2D eigenvalue weighted by Crippen LogP contribution is -1.95. The van der Waals surface area contributed by atoms with Gasteiger partial charge in [-0.3, -0.25) is 0 Å². The number of rotatable bonds is 10. The topological polar surface area (TPSA) is 19.7 Å². The number of para-hydroxylation sites is 4. The van der Waals surface area contributed by atoms with Crippen LogP contribution in [0.1, 0.15) is 0 Å². The van der Waals surface area contributed by atoms with E-state index in [4.69, 9.17) is 0 Å². The van der Waals surface area contributed by atoms with Crippen molar-refractivity contribution < 1.29 is 0 Å². The molecule has 16 aromatic carbocycles. The molecule has 0 saturated heterocycles. The van der Waals surface area contributed by atoms with E-state index >= 15 is 0 Å². The highest BCUT2D eigenvalue weighted by molar-refractivity contribution is 6.15. The second-order valence-corrected chi connectivity index (χ2v) is 26.0. The number of hydrogen-bond donors (Lipinski definition) is 0. The van der Waals surface area contributed by atoms with E-state index in [1.54, 1.807) is 0 Å². The fourth-order valence-electron chi connectivity index (χ4n) is 15.5. The molecule has 468 valence electrons. The molecule has 0 saturated carbocycles. The summed E-state index contributed by atoms with van der Waals surface area (Å²) in [5.41, 5.74) is 28.9. The van der Waals surface area contributed by atoms with Crippen molar-refractivity contribution in [3.05, 3.63) is 388 Å². The van der Waals surface area contributed by atoms with Crippen molar-refractivity contribution in [3.8, 4) is 89.5 Å². The Morgan fingerprint density at radius 2 is 0.340 bits per heavy atom. The molecule has 20 rings (SSSR count). The van der Waals surface area contributed by atoms with Gasteiger partial charge in [0.1, 0.15) is 0 Å². The van der Waals surface area contributed by atoms with Gasteiger partial charge in [0.2, 0.25) is 0 Å². The molecule has 0 amide bonds. The van der Waals surface area contributed by atoms with Crippen molar-refractivity contribution in [1.82, 2.24) is 18.3 Å². The van der Waals surface area contributed by atoms with Gasteiger partial charge >= 0.3 is 0 Å². The van der Waals surface area contributed by atoms with Gasteiger partial charge in [-0.05, 0) is 182 Å². The summed E-state index contributed by atoms with van der Waals surface area (Å²) in [6.07, 6.45) is 0. The summed E-state index contributed by atoms with van der Waals surface area (Å²) < 4.78 is 9.61. The molecule has 100 heavy (non-hydrogen) atoms. The average molecular weight is 1270 g/mol. The van der Waals surface area contributed by atoms with E-state index in [1.165, 1.54) is 154 Å². The minimum absolute atomic E-state index is 1.16. The number of nitrogens with zero attached hydrogens (tertiary/aromatic N) is 4. The molecule has 0 aliphatic carbocycles. The summed E-state index contributed by atoms with van der Waals surface area (Å²) in [6.45, 7) is 0. The van der Waals surface area contributed by atoms with Crippen molar-refractivity contribution in [2.45, 2.75) is 0 Å². The third-order valence-electron chi connectivity index (χ3n) is 20.2. The maximum Gasteiger partial charge on any atom is 0.0547 e. The SMILES string of the molecule is c1ccc(-c2ccc(-n3c4ccccc4c4cc(-c5ccc6c(c5)c5ccccc5n6-c5cccc(-c6ccccc6)c5)ccc43)cc2)cc1.c1ccc(-c2ccc(-n3c4ccccc4c4cc(-c5ccc6c7ccccc7n(-c7cccc(-c8ccccc8)c7)c6c5)ccc43)cc2)cc1. The highest BCUT2D eigenvalue weighted by atomic mass is 15.0. The molecule has 0 aliphatic rings. The predicted molar refractivity (Wildman–Crippen MR) is 423 cm³/mol. The Labute approximate surface area is 579 Å². The molecule has 0 bridgehead atoms. The first kappa shape index (κ1) is 58.1. The molecule has 0 N–H and O–H groups in total. The lowest BCUT2D eigenvalue weighted by Gasteiger charge is -2.12. The summed E-state index contributed by atoms with van der Waals surface area (Å²) in [5.74, 6) is 0. The van der Waals surface area contributed by atoms with E-state index in [-0.39, 0.29) is 0 Å². The molecule has 0 unspecified atom stereocenters. The highest BCUT2D eigenvalue weighted by Gasteiger charge is 2.20. The second kappa shape index (κ2) is 24.4. The van der Waals surface area contributed by atoms with Crippen LogP contribution >= 0.6 is 0 Å². The molecule has 0 aliphatic heterocycles. The van der Waals surface area contributed by atoms with E-state index in [2.05, 4.69) is 407 Å². The molecular formula is C96H64N4. The molecule has 4 aromatic heterocycles. The number of aromatic nitrogens is 4. The molecule has 0 fully saturated rings. The summed E-state index contributed by atoms with van der Waals surface area (Å²) in [4.78, 5) is 0. The molecule has 0 atom stereocenters. The van der Waals surface area contributed by atoms with Crippen LogP contribution < -0.4 is 0 Å². The molecule has 20 aromatic rings.